The van der Waals surface area contributed by atoms with Crippen molar-refractivity contribution >= 4 is 23.2 Å². The van der Waals surface area contributed by atoms with E-state index < -0.39 is 7.26 Å². The van der Waals surface area contributed by atoms with Gasteiger partial charge in [-0.15, -0.1) is 0 Å². The SMILES string of the molecule is Cc1ccc(C[P+](c2ccccc2)(c2ccccc2)c2ccccc2)cc1F. The van der Waals surface area contributed by atoms with Gasteiger partial charge < -0.3 is 0 Å². The lowest BCUT2D eigenvalue weighted by Crippen LogP contribution is -2.32. The van der Waals surface area contributed by atoms with Crippen molar-refractivity contribution < 1.29 is 4.39 Å². The van der Waals surface area contributed by atoms with Crippen LogP contribution < -0.4 is 15.9 Å². The highest BCUT2D eigenvalue weighted by molar-refractivity contribution is 7.95. The van der Waals surface area contributed by atoms with Crippen molar-refractivity contribution in [3.05, 3.63) is 126 Å². The van der Waals surface area contributed by atoms with E-state index in [-0.39, 0.29) is 5.82 Å². The normalized spacial score (nSPS) is 11.4. The number of aryl methyl sites for hydroxylation is 1. The first kappa shape index (κ1) is 18.6. The second-order valence-corrected chi connectivity index (χ2v) is 10.5. The molecule has 0 N–H and O–H groups in total. The average Bonchev–Trinajstić information content (AvgIpc) is 2.76. The fourth-order valence-electron chi connectivity index (χ4n) is 3.78. The molecule has 0 aliphatic heterocycles. The summed E-state index contributed by atoms with van der Waals surface area (Å²) >= 11 is 0. The Hall–Kier alpha value is -2.76. The maximum absolute atomic E-state index is 14.4. The van der Waals surface area contributed by atoms with Gasteiger partial charge in [0, 0.05) is 0 Å². The van der Waals surface area contributed by atoms with Gasteiger partial charge in [0.15, 0.2) is 0 Å². The van der Waals surface area contributed by atoms with Crippen LogP contribution in [0.2, 0.25) is 0 Å². The molecule has 0 fully saturated rings. The van der Waals surface area contributed by atoms with E-state index in [1.165, 1.54) is 15.9 Å². The lowest BCUT2D eigenvalue weighted by Gasteiger charge is -2.28. The van der Waals surface area contributed by atoms with Crippen LogP contribution in [-0.2, 0) is 6.16 Å². The number of rotatable bonds is 5. The Balaban J connectivity index is 1.99. The molecule has 2 heteroatoms. The molecule has 28 heavy (non-hydrogen) atoms. The predicted octanol–water partition coefficient (Wildman–Crippen LogP) is 5.63. The molecule has 0 aliphatic carbocycles. The third kappa shape index (κ3) is 3.51. The molecule has 0 nitrogen and oxygen atoms in total. The molecule has 0 heterocycles. The highest BCUT2D eigenvalue weighted by Gasteiger charge is 2.45. The zero-order chi connectivity index (χ0) is 19.4. The van der Waals surface area contributed by atoms with E-state index in [0.717, 1.165) is 11.7 Å². The average molecular weight is 385 g/mol. The standard InChI is InChI=1S/C26H23FP/c1-21-17-18-22(19-26(21)27)20-28(23-11-5-2-6-12-23,24-13-7-3-8-14-24)25-15-9-4-10-16-25/h2-19H,20H2,1H3/q+1. The van der Waals surface area contributed by atoms with E-state index in [1.807, 2.05) is 13.0 Å². The molecule has 0 bridgehead atoms. The minimum Gasteiger partial charge on any atom is -0.207 e. The molecule has 0 aliphatic rings. The Kier molecular flexibility index (Phi) is 5.37. The third-order valence-electron chi connectivity index (χ3n) is 5.25. The van der Waals surface area contributed by atoms with Crippen LogP contribution in [0.1, 0.15) is 11.1 Å². The summed E-state index contributed by atoms with van der Waals surface area (Å²) in [5, 5.41) is 3.94. The Morgan fingerprint density at radius 2 is 1.04 bits per heavy atom. The molecule has 4 aromatic rings. The van der Waals surface area contributed by atoms with Gasteiger partial charge in [-0.05, 0) is 60.5 Å². The molecule has 0 radical (unpaired) electrons. The molecule has 0 atom stereocenters. The minimum atomic E-state index is -1.98. The molecule has 0 amide bonds. The van der Waals surface area contributed by atoms with Crippen LogP contribution in [0.5, 0.6) is 0 Å². The highest BCUT2D eigenvalue weighted by Crippen LogP contribution is 2.58. The first-order valence-corrected chi connectivity index (χ1v) is 11.5. The van der Waals surface area contributed by atoms with Gasteiger partial charge in [-0.2, -0.15) is 0 Å². The largest absolute Gasteiger partial charge is 0.207 e. The summed E-state index contributed by atoms with van der Waals surface area (Å²) in [5.74, 6) is -0.134. The molecule has 0 saturated heterocycles. The van der Waals surface area contributed by atoms with Gasteiger partial charge in [0.2, 0.25) is 0 Å². The van der Waals surface area contributed by atoms with E-state index in [9.17, 15) is 4.39 Å². The first-order chi connectivity index (χ1) is 13.7. The Morgan fingerprint density at radius 1 is 0.607 bits per heavy atom. The zero-order valence-electron chi connectivity index (χ0n) is 15.9. The summed E-state index contributed by atoms with van der Waals surface area (Å²) in [7, 11) is -1.98. The highest BCUT2D eigenvalue weighted by atomic mass is 31.2. The Labute approximate surface area is 167 Å². The van der Waals surface area contributed by atoms with Crippen LogP contribution in [0.3, 0.4) is 0 Å². The number of hydrogen-bond donors (Lipinski definition) is 0. The van der Waals surface area contributed by atoms with E-state index in [1.54, 1.807) is 6.07 Å². The van der Waals surface area contributed by atoms with E-state index >= 15 is 0 Å². The van der Waals surface area contributed by atoms with Crippen molar-refractivity contribution in [2.75, 3.05) is 0 Å². The molecule has 0 saturated carbocycles. The van der Waals surface area contributed by atoms with Crippen molar-refractivity contribution in [1.29, 1.82) is 0 Å². The van der Waals surface area contributed by atoms with Gasteiger partial charge in [-0.1, -0.05) is 66.7 Å². The van der Waals surface area contributed by atoms with Crippen molar-refractivity contribution in [3.63, 3.8) is 0 Å². The lowest BCUT2D eigenvalue weighted by atomic mass is 10.2. The van der Waals surface area contributed by atoms with Gasteiger partial charge >= 0.3 is 0 Å². The summed E-state index contributed by atoms with van der Waals surface area (Å²) in [6, 6.07) is 37.8. The first-order valence-electron chi connectivity index (χ1n) is 9.50. The molecule has 0 spiro atoms. The van der Waals surface area contributed by atoms with Crippen LogP contribution in [-0.4, -0.2) is 0 Å². The second-order valence-electron chi connectivity index (χ2n) is 7.06. The molecular formula is C26H23FP+. The topological polar surface area (TPSA) is 0 Å². The van der Waals surface area contributed by atoms with Gasteiger partial charge in [-0.25, -0.2) is 4.39 Å². The summed E-state index contributed by atoms with van der Waals surface area (Å²) in [6.07, 6.45) is 0.794. The summed E-state index contributed by atoms with van der Waals surface area (Å²) in [5.41, 5.74) is 1.72. The van der Waals surface area contributed by atoms with Crippen molar-refractivity contribution in [2.45, 2.75) is 13.1 Å². The number of benzene rings is 4. The second kappa shape index (κ2) is 8.09. The van der Waals surface area contributed by atoms with Gasteiger partial charge in [0.25, 0.3) is 0 Å². The van der Waals surface area contributed by atoms with Gasteiger partial charge in [0.1, 0.15) is 29.0 Å². The monoisotopic (exact) mass is 385 g/mol. The summed E-state index contributed by atoms with van der Waals surface area (Å²) < 4.78 is 14.4. The van der Waals surface area contributed by atoms with Crippen LogP contribution in [0.15, 0.2) is 109 Å². The third-order valence-corrected chi connectivity index (χ3v) is 9.63. The van der Waals surface area contributed by atoms with Crippen LogP contribution >= 0.6 is 7.26 Å². The quantitative estimate of drug-likeness (QED) is 0.391. The van der Waals surface area contributed by atoms with Crippen molar-refractivity contribution in [2.24, 2.45) is 0 Å². The Morgan fingerprint density at radius 3 is 1.43 bits per heavy atom. The van der Waals surface area contributed by atoms with E-state index in [2.05, 4.69) is 97.1 Å². The number of hydrogen-bond acceptors (Lipinski definition) is 0. The molecule has 0 aromatic heterocycles. The molecule has 4 aromatic carbocycles. The maximum atomic E-state index is 14.4. The Bertz CT molecular complexity index is 947. The van der Waals surface area contributed by atoms with Crippen molar-refractivity contribution in [3.8, 4) is 0 Å². The van der Waals surface area contributed by atoms with Gasteiger partial charge in [0.05, 0.1) is 6.16 Å². The summed E-state index contributed by atoms with van der Waals surface area (Å²) in [4.78, 5) is 0. The molecule has 4 rings (SSSR count). The molecule has 0 unspecified atom stereocenters. The summed E-state index contributed by atoms with van der Waals surface area (Å²) in [6.45, 7) is 1.81. The molecular weight excluding hydrogens is 362 g/mol. The maximum Gasteiger partial charge on any atom is 0.126 e. The van der Waals surface area contributed by atoms with Crippen LogP contribution in [0, 0.1) is 12.7 Å². The minimum absolute atomic E-state index is 0.134. The number of halogens is 1. The fourth-order valence-corrected chi connectivity index (χ4v) is 8.01. The van der Waals surface area contributed by atoms with E-state index in [4.69, 9.17) is 0 Å². The van der Waals surface area contributed by atoms with E-state index in [0.29, 0.717) is 5.56 Å². The smallest absolute Gasteiger partial charge is 0.126 e. The fraction of sp³-hybridized carbons (Fsp3) is 0.0769. The van der Waals surface area contributed by atoms with Gasteiger partial charge in [-0.3, -0.25) is 0 Å². The van der Waals surface area contributed by atoms with Crippen molar-refractivity contribution in [1.82, 2.24) is 0 Å². The molecule has 138 valence electrons. The van der Waals surface area contributed by atoms with Crippen LogP contribution in [0.25, 0.3) is 0 Å². The predicted molar refractivity (Wildman–Crippen MR) is 120 cm³/mol. The zero-order valence-corrected chi connectivity index (χ0v) is 16.8. The lowest BCUT2D eigenvalue weighted by molar-refractivity contribution is 0.617. The van der Waals surface area contributed by atoms with Crippen LogP contribution in [0.4, 0.5) is 4.39 Å².